The first-order chi connectivity index (χ1) is 8.66. The van der Waals surface area contributed by atoms with E-state index in [1.165, 1.54) is 19.3 Å². The van der Waals surface area contributed by atoms with Crippen molar-refractivity contribution < 1.29 is 13.6 Å². The Bertz CT molecular complexity index is 308. The van der Waals surface area contributed by atoms with Gasteiger partial charge in [0.1, 0.15) is 0 Å². The Morgan fingerprint density at radius 3 is 2.53 bits per heavy atom. The Hall–Kier alpha value is -0.470. The third kappa shape index (κ3) is 5.19. The lowest BCUT2D eigenvalue weighted by atomic mass is 9.64. The zero-order valence-corrected chi connectivity index (χ0v) is 12.8. The van der Waals surface area contributed by atoms with E-state index in [0.29, 0.717) is 25.2 Å². The van der Waals surface area contributed by atoms with E-state index in [2.05, 4.69) is 20.8 Å². The van der Waals surface area contributed by atoms with Crippen molar-refractivity contribution in [1.29, 1.82) is 0 Å². The molecule has 1 aliphatic rings. The topological polar surface area (TPSA) is 17.1 Å². The summed E-state index contributed by atoms with van der Waals surface area (Å²) in [5.41, 5.74) is 0.0679. The van der Waals surface area contributed by atoms with E-state index < -0.39 is 11.7 Å². The van der Waals surface area contributed by atoms with E-state index in [9.17, 15) is 13.6 Å². The molecular weight excluding hydrogens is 246 g/mol. The lowest BCUT2D eigenvalue weighted by Crippen LogP contribution is -2.32. The van der Waals surface area contributed by atoms with Crippen molar-refractivity contribution in [2.75, 3.05) is 0 Å². The van der Waals surface area contributed by atoms with Crippen LogP contribution in [0.4, 0.5) is 8.78 Å². The highest BCUT2D eigenvalue weighted by Crippen LogP contribution is 2.46. The van der Waals surface area contributed by atoms with Crippen molar-refractivity contribution in [3.05, 3.63) is 0 Å². The van der Waals surface area contributed by atoms with E-state index in [1.54, 1.807) is 0 Å². The van der Waals surface area contributed by atoms with Crippen LogP contribution >= 0.6 is 0 Å². The predicted octanol–water partition coefficient (Wildman–Crippen LogP) is 5.23. The lowest BCUT2D eigenvalue weighted by Gasteiger charge is -2.41. The van der Waals surface area contributed by atoms with Crippen molar-refractivity contribution >= 4 is 5.78 Å². The first-order valence-corrected chi connectivity index (χ1v) is 7.57. The Morgan fingerprint density at radius 2 is 2.00 bits per heavy atom. The van der Waals surface area contributed by atoms with Crippen LogP contribution in [-0.4, -0.2) is 11.7 Å². The molecule has 0 aromatic heterocycles. The van der Waals surface area contributed by atoms with Gasteiger partial charge < -0.3 is 0 Å². The molecule has 0 aromatic rings. The molecule has 0 bridgehead atoms. The summed E-state index contributed by atoms with van der Waals surface area (Å²) < 4.78 is 25.8. The van der Waals surface area contributed by atoms with E-state index in [1.807, 2.05) is 0 Å². The summed E-state index contributed by atoms with van der Waals surface area (Å²) in [6.45, 7) is 7.32. The van der Waals surface area contributed by atoms with Gasteiger partial charge in [0.25, 0.3) is 0 Å². The summed E-state index contributed by atoms with van der Waals surface area (Å²) in [5, 5.41) is 0. The molecule has 19 heavy (non-hydrogen) atoms. The minimum atomic E-state index is -3.17. The van der Waals surface area contributed by atoms with Crippen LogP contribution in [-0.2, 0) is 4.79 Å². The van der Waals surface area contributed by atoms with Crippen LogP contribution in [0.15, 0.2) is 0 Å². The van der Waals surface area contributed by atoms with Crippen LogP contribution in [0.5, 0.6) is 0 Å². The molecule has 3 atom stereocenters. The Kier molecular flexibility index (Phi) is 5.52. The molecule has 0 saturated heterocycles. The Morgan fingerprint density at radius 1 is 1.37 bits per heavy atom. The van der Waals surface area contributed by atoms with E-state index in [4.69, 9.17) is 0 Å². The van der Waals surface area contributed by atoms with E-state index >= 15 is 0 Å². The molecule has 0 heterocycles. The monoisotopic (exact) mass is 274 g/mol. The molecule has 1 aliphatic carbocycles. The average Bonchev–Trinajstić information content (AvgIpc) is 2.23. The van der Waals surface area contributed by atoms with Gasteiger partial charge in [-0.25, -0.2) is 0 Å². The summed E-state index contributed by atoms with van der Waals surface area (Å²) in [4.78, 5) is 11.4. The first kappa shape index (κ1) is 16.6. The van der Waals surface area contributed by atoms with Gasteiger partial charge in [-0.2, -0.15) is 8.78 Å². The van der Waals surface area contributed by atoms with Crippen molar-refractivity contribution in [1.82, 2.24) is 0 Å². The Balaban J connectivity index is 2.57. The van der Waals surface area contributed by atoms with Gasteiger partial charge in [0, 0.05) is 13.3 Å². The van der Waals surface area contributed by atoms with Gasteiger partial charge in [-0.1, -0.05) is 33.6 Å². The molecule has 1 fully saturated rings. The maximum Gasteiger partial charge on any atom is 0.302 e. The number of halogens is 2. The fraction of sp³-hybridized carbons (Fsp3) is 0.938. The number of alkyl halides is 2. The van der Waals surface area contributed by atoms with Crippen LogP contribution in [0.3, 0.4) is 0 Å². The number of carbonyl (C=O) groups is 1. The molecule has 112 valence electrons. The Labute approximate surface area is 116 Å². The molecule has 0 N–H and O–H groups in total. The van der Waals surface area contributed by atoms with Crippen LogP contribution in [0, 0.1) is 17.3 Å². The van der Waals surface area contributed by atoms with Crippen molar-refractivity contribution in [2.24, 2.45) is 17.3 Å². The normalized spacial score (nSPS) is 32.3. The van der Waals surface area contributed by atoms with Crippen molar-refractivity contribution in [2.45, 2.75) is 78.6 Å². The van der Waals surface area contributed by atoms with Gasteiger partial charge >= 0.3 is 5.92 Å². The average molecular weight is 274 g/mol. The van der Waals surface area contributed by atoms with Crippen LogP contribution in [0.2, 0.25) is 0 Å². The molecule has 3 unspecified atom stereocenters. The molecule has 0 spiro atoms. The highest BCUT2D eigenvalue weighted by atomic mass is 19.3. The van der Waals surface area contributed by atoms with E-state index in [0.717, 1.165) is 12.8 Å². The van der Waals surface area contributed by atoms with Crippen molar-refractivity contribution in [3.8, 4) is 0 Å². The summed E-state index contributed by atoms with van der Waals surface area (Å²) >= 11 is 0. The van der Waals surface area contributed by atoms with Gasteiger partial charge in [0.2, 0.25) is 5.78 Å². The van der Waals surface area contributed by atoms with Crippen LogP contribution < -0.4 is 0 Å². The summed E-state index contributed by atoms with van der Waals surface area (Å²) in [6.07, 6.45) is 6.44. The largest absolute Gasteiger partial charge is 0.302 e. The zero-order valence-electron chi connectivity index (χ0n) is 12.8. The van der Waals surface area contributed by atoms with Gasteiger partial charge in [-0.15, -0.1) is 0 Å². The molecule has 0 amide bonds. The number of ketones is 1. The summed E-state index contributed by atoms with van der Waals surface area (Å²) in [5.74, 6) is -2.72. The third-order valence-electron chi connectivity index (χ3n) is 4.50. The number of carbonyl (C=O) groups excluding carboxylic acids is 1. The maximum absolute atomic E-state index is 12.9. The maximum atomic E-state index is 12.9. The number of hydrogen-bond donors (Lipinski definition) is 0. The molecule has 1 saturated carbocycles. The number of hydrogen-bond acceptors (Lipinski definition) is 1. The summed E-state index contributed by atoms with van der Waals surface area (Å²) in [7, 11) is 0. The molecule has 0 radical (unpaired) electrons. The molecule has 1 nitrogen and oxygen atoms in total. The van der Waals surface area contributed by atoms with Gasteiger partial charge in [0.15, 0.2) is 0 Å². The molecule has 3 heteroatoms. The quantitative estimate of drug-likeness (QED) is 0.648. The van der Waals surface area contributed by atoms with Crippen molar-refractivity contribution in [3.63, 3.8) is 0 Å². The highest BCUT2D eigenvalue weighted by Gasteiger charge is 2.38. The SMILES string of the molecule is CCCC1CC(C)CC(C)(CCC(=O)C(C)(F)F)C1. The van der Waals surface area contributed by atoms with Crippen LogP contribution in [0.25, 0.3) is 0 Å². The fourth-order valence-corrected chi connectivity index (χ4v) is 3.82. The molecular formula is C16H28F2O. The smallest absolute Gasteiger partial charge is 0.293 e. The second kappa shape index (κ2) is 6.32. The predicted molar refractivity (Wildman–Crippen MR) is 74.4 cm³/mol. The zero-order chi connectivity index (χ0) is 14.7. The minimum Gasteiger partial charge on any atom is -0.293 e. The molecule has 1 rings (SSSR count). The second-order valence-corrected chi connectivity index (χ2v) is 7.03. The molecule has 0 aliphatic heterocycles. The standard InChI is InChI=1S/C16H28F2O/c1-5-6-13-9-12(2)10-15(3,11-13)8-7-14(19)16(4,17)18/h12-13H,5-11H2,1-4H3. The second-order valence-electron chi connectivity index (χ2n) is 7.03. The number of rotatable bonds is 6. The fourth-order valence-electron chi connectivity index (χ4n) is 3.82. The number of Topliss-reactive ketones (excluding diaryl/α,β-unsaturated/α-hetero) is 1. The van der Waals surface area contributed by atoms with Gasteiger partial charge in [-0.3, -0.25) is 4.79 Å². The van der Waals surface area contributed by atoms with Gasteiger partial charge in [0.05, 0.1) is 0 Å². The third-order valence-corrected chi connectivity index (χ3v) is 4.50. The first-order valence-electron chi connectivity index (χ1n) is 7.57. The lowest BCUT2D eigenvalue weighted by molar-refractivity contribution is -0.141. The minimum absolute atomic E-state index is 0.0194. The molecule has 0 aromatic carbocycles. The highest BCUT2D eigenvalue weighted by molar-refractivity contribution is 5.85. The summed E-state index contributed by atoms with van der Waals surface area (Å²) in [6, 6.07) is 0. The van der Waals surface area contributed by atoms with Crippen LogP contribution in [0.1, 0.15) is 72.6 Å². The van der Waals surface area contributed by atoms with E-state index in [-0.39, 0.29) is 11.8 Å². The van der Waals surface area contributed by atoms with Gasteiger partial charge in [-0.05, 0) is 42.9 Å².